The lowest BCUT2D eigenvalue weighted by Gasteiger charge is -2.32. The van der Waals surface area contributed by atoms with Crippen LogP contribution in [0.1, 0.15) is 22.3 Å². The van der Waals surface area contributed by atoms with Gasteiger partial charge in [-0.05, 0) is 141 Å². The third-order valence-corrected chi connectivity index (χ3v) is 16.2. The van der Waals surface area contributed by atoms with Crippen LogP contribution in [0, 0.1) is 0 Å². The molecule has 0 N–H and O–H groups in total. The van der Waals surface area contributed by atoms with Gasteiger partial charge in [0, 0.05) is 39.3 Å². The molecule has 1 spiro atoms. The van der Waals surface area contributed by atoms with Gasteiger partial charge in [-0.25, -0.2) is 0 Å². The minimum atomic E-state index is -0.483. The molecule has 1 aromatic heterocycles. The summed E-state index contributed by atoms with van der Waals surface area (Å²) in [6, 6.07) is 96.5. The average Bonchev–Trinajstić information content (AvgIpc) is 4.09. The highest BCUT2D eigenvalue weighted by Gasteiger charge is 2.51. The van der Waals surface area contributed by atoms with Crippen molar-refractivity contribution in [2.45, 2.75) is 5.41 Å². The number of hydrogen-bond donors (Lipinski definition) is 0. The van der Waals surface area contributed by atoms with E-state index in [4.69, 9.17) is 4.42 Å². The normalized spacial score (nSPS) is 13.0. The van der Waals surface area contributed by atoms with Crippen LogP contribution in [0.25, 0.3) is 110 Å². The number of furan rings is 1. The van der Waals surface area contributed by atoms with Gasteiger partial charge in [0.25, 0.3) is 0 Å². The highest BCUT2D eigenvalue weighted by Crippen LogP contribution is 2.63. The molecule has 0 aliphatic heterocycles. The fourth-order valence-corrected chi connectivity index (χ4v) is 13.2. The molecule has 0 atom stereocenters. The van der Waals surface area contributed by atoms with Crippen molar-refractivity contribution in [3.05, 3.63) is 283 Å². The Kier molecular flexibility index (Phi) is 8.41. The lowest BCUT2D eigenvalue weighted by Crippen LogP contribution is -2.26. The molecule has 0 saturated heterocycles. The molecule has 14 aromatic rings. The first-order chi connectivity index (χ1) is 36.2. The van der Waals surface area contributed by atoms with Gasteiger partial charge >= 0.3 is 0 Å². The van der Waals surface area contributed by atoms with Crippen LogP contribution in [0.2, 0.25) is 0 Å². The van der Waals surface area contributed by atoms with Crippen LogP contribution in [-0.2, 0) is 5.41 Å². The van der Waals surface area contributed by atoms with Crippen LogP contribution in [-0.4, -0.2) is 0 Å². The van der Waals surface area contributed by atoms with Gasteiger partial charge in [0.1, 0.15) is 11.2 Å². The maximum Gasteiger partial charge on any atom is 0.143 e. The molecular formula is C71H43NO. The number of fused-ring (bicyclic) bond motifs is 20. The topological polar surface area (TPSA) is 16.4 Å². The van der Waals surface area contributed by atoms with Crippen LogP contribution in [0.4, 0.5) is 17.1 Å². The molecule has 0 fully saturated rings. The quantitative estimate of drug-likeness (QED) is 0.160. The predicted molar refractivity (Wildman–Crippen MR) is 306 cm³/mol. The molecule has 73 heavy (non-hydrogen) atoms. The van der Waals surface area contributed by atoms with Gasteiger partial charge in [-0.2, -0.15) is 0 Å². The fourth-order valence-electron chi connectivity index (χ4n) is 13.2. The Balaban J connectivity index is 0.942. The molecule has 0 radical (unpaired) electrons. The molecule has 2 aliphatic rings. The van der Waals surface area contributed by atoms with E-state index in [0.29, 0.717) is 0 Å². The highest BCUT2D eigenvalue weighted by molar-refractivity contribution is 6.27. The van der Waals surface area contributed by atoms with Gasteiger partial charge in [0.15, 0.2) is 0 Å². The van der Waals surface area contributed by atoms with E-state index < -0.39 is 5.41 Å². The van der Waals surface area contributed by atoms with Gasteiger partial charge in [-0.1, -0.05) is 212 Å². The van der Waals surface area contributed by atoms with Crippen molar-refractivity contribution in [2.24, 2.45) is 0 Å². The predicted octanol–water partition coefficient (Wildman–Crippen LogP) is 19.3. The Bertz CT molecular complexity index is 4540. The first kappa shape index (κ1) is 40.3. The van der Waals surface area contributed by atoms with E-state index in [2.05, 4.69) is 266 Å². The summed E-state index contributed by atoms with van der Waals surface area (Å²) in [5.41, 5.74) is 19.4. The van der Waals surface area contributed by atoms with Crippen molar-refractivity contribution in [3.63, 3.8) is 0 Å². The van der Waals surface area contributed by atoms with Crippen LogP contribution in [0.5, 0.6) is 0 Å². The summed E-state index contributed by atoms with van der Waals surface area (Å²) in [6.45, 7) is 0. The van der Waals surface area contributed by atoms with Crippen molar-refractivity contribution in [1.82, 2.24) is 0 Å². The zero-order chi connectivity index (χ0) is 47.8. The van der Waals surface area contributed by atoms with Gasteiger partial charge in [-0.15, -0.1) is 0 Å². The third-order valence-electron chi connectivity index (χ3n) is 16.2. The maximum absolute atomic E-state index is 7.34. The van der Waals surface area contributed by atoms with Crippen molar-refractivity contribution in [3.8, 4) is 44.5 Å². The summed E-state index contributed by atoms with van der Waals surface area (Å²) >= 11 is 0. The molecule has 2 nitrogen and oxygen atoms in total. The number of anilines is 3. The molecule has 13 aromatic carbocycles. The molecule has 0 unspecified atom stereocenters. The van der Waals surface area contributed by atoms with E-state index in [1.807, 2.05) is 0 Å². The number of para-hydroxylation sites is 1. The van der Waals surface area contributed by atoms with Crippen LogP contribution >= 0.6 is 0 Å². The molecule has 2 heteroatoms. The first-order valence-electron chi connectivity index (χ1n) is 25.3. The second-order valence-corrected chi connectivity index (χ2v) is 19.8. The molecule has 0 saturated carbocycles. The standard InChI is InChI=1S/C71H43NO/c1-2-18-44(19-3-1)49-21-13-17-33-67(49)72(47-35-38-59-58-29-12-16-32-65(58)71(66(59)42-47)63-30-14-10-27-56(63)57-28-11-15-31-64(57)71)48-36-39-60-62-40-45-20-4-5-22-50(45)69(70(62)73-68(60)43-48)46-34-37-55-53-25-7-6-23-51(53)52-24-8-9-26-54(52)61(55)41-46/h1-43H. The monoisotopic (exact) mass is 925 g/mol. The minimum absolute atomic E-state index is 0.483. The summed E-state index contributed by atoms with van der Waals surface area (Å²) in [7, 11) is 0. The summed E-state index contributed by atoms with van der Waals surface area (Å²) in [6.07, 6.45) is 0. The van der Waals surface area contributed by atoms with E-state index in [0.717, 1.165) is 61.3 Å². The number of benzene rings is 13. The molecule has 0 bridgehead atoms. The van der Waals surface area contributed by atoms with Crippen LogP contribution < -0.4 is 4.90 Å². The minimum Gasteiger partial charge on any atom is -0.455 e. The van der Waals surface area contributed by atoms with E-state index >= 15 is 0 Å². The number of nitrogens with zero attached hydrogens (tertiary/aromatic N) is 1. The zero-order valence-corrected chi connectivity index (χ0v) is 39.7. The van der Waals surface area contributed by atoms with Crippen molar-refractivity contribution in [2.75, 3.05) is 4.90 Å². The van der Waals surface area contributed by atoms with E-state index in [9.17, 15) is 0 Å². The molecule has 0 amide bonds. The number of hydrogen-bond acceptors (Lipinski definition) is 2. The van der Waals surface area contributed by atoms with Crippen molar-refractivity contribution >= 4 is 82.1 Å². The number of rotatable bonds is 5. The Morgan fingerprint density at radius 3 is 1.45 bits per heavy atom. The molecular weight excluding hydrogens is 883 g/mol. The second kappa shape index (κ2) is 15.3. The van der Waals surface area contributed by atoms with E-state index in [1.54, 1.807) is 0 Å². The van der Waals surface area contributed by atoms with Gasteiger partial charge in [-0.3, -0.25) is 0 Å². The summed E-state index contributed by atoms with van der Waals surface area (Å²) < 4.78 is 7.34. The SMILES string of the molecule is c1ccc(-c2ccccc2N(c2ccc3c(c2)C2(c4ccccc4-c4ccccc42)c2ccccc2-3)c2ccc3c(c2)oc2c(-c4ccc5c6ccccc6c6ccccc6c5c4)c4ccccc4cc23)cc1. The Morgan fingerprint density at radius 2 is 0.781 bits per heavy atom. The first-order valence-corrected chi connectivity index (χ1v) is 25.3. The Labute approximate surface area is 422 Å². The molecule has 338 valence electrons. The largest absolute Gasteiger partial charge is 0.455 e. The van der Waals surface area contributed by atoms with Gasteiger partial charge in [0.2, 0.25) is 0 Å². The summed E-state index contributed by atoms with van der Waals surface area (Å²) in [4.78, 5) is 2.45. The van der Waals surface area contributed by atoms with Crippen molar-refractivity contribution in [1.29, 1.82) is 0 Å². The zero-order valence-electron chi connectivity index (χ0n) is 39.7. The highest BCUT2D eigenvalue weighted by atomic mass is 16.3. The Hall–Kier alpha value is -9.50. The molecule has 2 aliphatic carbocycles. The summed E-state index contributed by atoms with van der Waals surface area (Å²) in [5.74, 6) is 0. The molecule has 16 rings (SSSR count). The Morgan fingerprint density at radius 1 is 0.288 bits per heavy atom. The lowest BCUT2D eigenvalue weighted by molar-refractivity contribution is 0.670. The maximum atomic E-state index is 7.34. The molecule has 1 heterocycles. The summed E-state index contributed by atoms with van der Waals surface area (Å²) in [5, 5.41) is 12.1. The second-order valence-electron chi connectivity index (χ2n) is 19.8. The van der Waals surface area contributed by atoms with Crippen molar-refractivity contribution < 1.29 is 4.42 Å². The van der Waals surface area contributed by atoms with E-state index in [-0.39, 0.29) is 0 Å². The fraction of sp³-hybridized carbons (Fsp3) is 0.0141. The third kappa shape index (κ3) is 5.58. The smallest absolute Gasteiger partial charge is 0.143 e. The van der Waals surface area contributed by atoms with Gasteiger partial charge in [0.05, 0.1) is 11.1 Å². The van der Waals surface area contributed by atoms with Crippen LogP contribution in [0.3, 0.4) is 0 Å². The average molecular weight is 926 g/mol. The lowest BCUT2D eigenvalue weighted by atomic mass is 9.70. The van der Waals surface area contributed by atoms with Crippen LogP contribution in [0.15, 0.2) is 265 Å². The van der Waals surface area contributed by atoms with Gasteiger partial charge < -0.3 is 9.32 Å². The van der Waals surface area contributed by atoms with E-state index in [1.165, 1.54) is 87.6 Å².